The van der Waals surface area contributed by atoms with Crippen molar-refractivity contribution < 1.29 is 9.90 Å². The molecule has 0 unspecified atom stereocenters. The highest BCUT2D eigenvalue weighted by molar-refractivity contribution is 8.16. The van der Waals surface area contributed by atoms with E-state index in [9.17, 15) is 9.90 Å². The molecule has 2 saturated carbocycles. The Morgan fingerprint density at radius 3 is 2.89 bits per heavy atom. The van der Waals surface area contributed by atoms with Crippen LogP contribution in [0.3, 0.4) is 0 Å². The van der Waals surface area contributed by atoms with Gasteiger partial charge in [-0.15, -0.1) is 0 Å². The molecule has 106 valence electrons. The molecule has 4 nitrogen and oxygen atoms in total. The number of aliphatic imine (C=N–C) groups is 1. The molecule has 0 aromatic heterocycles. The topological polar surface area (TPSA) is 61.7 Å². The smallest absolute Gasteiger partial charge is 0.264 e. The standard InChI is InChI=1S/C14H22N2O2S/c1-8(7-17)14(2)12(18)16-13(19-14)15-11-6-9-3-4-10(11)5-9/h8-11,17H,3-7H2,1-2H3,(H,15,16,18)/t8-,9-,10+,11+,14+/m1/s1. The molecule has 0 spiro atoms. The first-order valence-corrected chi connectivity index (χ1v) is 8.04. The van der Waals surface area contributed by atoms with Crippen molar-refractivity contribution in [2.24, 2.45) is 22.7 Å². The van der Waals surface area contributed by atoms with Crippen LogP contribution >= 0.6 is 11.8 Å². The molecule has 2 fully saturated rings. The summed E-state index contributed by atoms with van der Waals surface area (Å²) in [5.74, 6) is 1.47. The van der Waals surface area contributed by atoms with Crippen LogP contribution in [0.25, 0.3) is 0 Å². The van der Waals surface area contributed by atoms with Crippen molar-refractivity contribution in [3.8, 4) is 0 Å². The Bertz CT molecular complexity index is 426. The molecule has 1 amide bonds. The zero-order valence-corrected chi connectivity index (χ0v) is 12.4. The highest BCUT2D eigenvalue weighted by Crippen LogP contribution is 2.46. The number of amidine groups is 1. The fourth-order valence-electron chi connectivity index (χ4n) is 3.60. The van der Waals surface area contributed by atoms with Crippen molar-refractivity contribution >= 4 is 22.8 Å². The van der Waals surface area contributed by atoms with Gasteiger partial charge in [-0.25, -0.2) is 0 Å². The summed E-state index contributed by atoms with van der Waals surface area (Å²) in [4.78, 5) is 16.3. The van der Waals surface area contributed by atoms with Gasteiger partial charge in [0.15, 0.2) is 5.17 Å². The van der Waals surface area contributed by atoms with E-state index in [0.717, 1.165) is 17.0 Å². The Hall–Kier alpha value is -0.550. The van der Waals surface area contributed by atoms with E-state index in [-0.39, 0.29) is 18.4 Å². The van der Waals surface area contributed by atoms with Gasteiger partial charge < -0.3 is 10.4 Å². The van der Waals surface area contributed by atoms with E-state index in [2.05, 4.69) is 10.3 Å². The first kappa shape index (κ1) is 13.4. The molecule has 3 aliphatic rings. The van der Waals surface area contributed by atoms with Crippen LogP contribution in [-0.4, -0.2) is 33.6 Å². The van der Waals surface area contributed by atoms with Gasteiger partial charge in [0.05, 0.1) is 0 Å². The van der Waals surface area contributed by atoms with E-state index in [1.54, 1.807) is 0 Å². The third kappa shape index (κ3) is 2.21. The zero-order valence-electron chi connectivity index (χ0n) is 11.6. The number of hydrogen-bond donors (Lipinski definition) is 2. The number of rotatable bonds is 3. The summed E-state index contributed by atoms with van der Waals surface area (Å²) >= 11 is 1.50. The van der Waals surface area contributed by atoms with Crippen LogP contribution in [0.15, 0.2) is 4.99 Å². The van der Waals surface area contributed by atoms with Crippen molar-refractivity contribution in [2.45, 2.75) is 50.3 Å². The van der Waals surface area contributed by atoms with Crippen LogP contribution in [0, 0.1) is 17.8 Å². The summed E-state index contributed by atoms with van der Waals surface area (Å²) in [6.45, 7) is 3.81. The molecule has 2 aliphatic carbocycles. The number of fused-ring (bicyclic) bond motifs is 2. The molecule has 3 rings (SSSR count). The molecule has 2 bridgehead atoms. The molecule has 0 saturated heterocycles. The number of nitrogens with zero attached hydrogens (tertiary/aromatic N) is 1. The number of aliphatic hydroxyl groups excluding tert-OH is 1. The maximum absolute atomic E-state index is 12.1. The Labute approximate surface area is 118 Å². The summed E-state index contributed by atoms with van der Waals surface area (Å²) < 4.78 is -0.602. The molecular formula is C14H22N2O2S. The number of nitrogens with one attached hydrogen (secondary N) is 1. The van der Waals surface area contributed by atoms with Crippen LogP contribution in [0.1, 0.15) is 39.5 Å². The van der Waals surface area contributed by atoms with Gasteiger partial charge in [-0.05, 0) is 38.0 Å². The Morgan fingerprint density at radius 1 is 1.53 bits per heavy atom. The van der Waals surface area contributed by atoms with Crippen LogP contribution in [0.5, 0.6) is 0 Å². The van der Waals surface area contributed by atoms with Crippen molar-refractivity contribution in [2.75, 3.05) is 6.61 Å². The molecule has 0 radical (unpaired) electrons. The maximum atomic E-state index is 12.1. The van der Waals surface area contributed by atoms with Crippen molar-refractivity contribution in [1.82, 2.24) is 5.32 Å². The molecule has 1 heterocycles. The van der Waals surface area contributed by atoms with E-state index < -0.39 is 4.75 Å². The number of aliphatic hydroxyl groups is 1. The summed E-state index contributed by atoms with van der Waals surface area (Å²) in [7, 11) is 0. The predicted octanol–water partition coefficient (Wildman–Crippen LogP) is 1.78. The third-order valence-electron chi connectivity index (χ3n) is 5.20. The third-order valence-corrected chi connectivity index (χ3v) is 6.60. The van der Waals surface area contributed by atoms with Gasteiger partial charge >= 0.3 is 0 Å². The number of hydrogen-bond acceptors (Lipinski definition) is 4. The van der Waals surface area contributed by atoms with Crippen LogP contribution < -0.4 is 5.32 Å². The van der Waals surface area contributed by atoms with Crippen LogP contribution in [0.4, 0.5) is 0 Å². The lowest BCUT2D eigenvalue weighted by molar-refractivity contribution is -0.120. The van der Waals surface area contributed by atoms with E-state index in [0.29, 0.717) is 6.04 Å². The highest BCUT2D eigenvalue weighted by atomic mass is 32.2. The molecular weight excluding hydrogens is 260 g/mol. The van der Waals surface area contributed by atoms with E-state index in [1.165, 1.54) is 37.4 Å². The fraction of sp³-hybridized carbons (Fsp3) is 0.857. The largest absolute Gasteiger partial charge is 0.396 e. The molecule has 1 aliphatic heterocycles. The van der Waals surface area contributed by atoms with E-state index in [4.69, 9.17) is 0 Å². The Kier molecular flexibility index (Phi) is 3.38. The minimum Gasteiger partial charge on any atom is -0.396 e. The molecule has 5 atom stereocenters. The monoisotopic (exact) mass is 282 g/mol. The van der Waals surface area contributed by atoms with Gasteiger partial charge in [0, 0.05) is 18.6 Å². The number of carbonyl (C=O) groups excluding carboxylic acids is 1. The normalized spacial score (nSPS) is 42.6. The second kappa shape index (κ2) is 4.77. The number of carbonyl (C=O) groups is 1. The van der Waals surface area contributed by atoms with E-state index >= 15 is 0 Å². The second-order valence-electron chi connectivity index (χ2n) is 6.44. The Morgan fingerprint density at radius 2 is 2.32 bits per heavy atom. The number of amides is 1. The highest BCUT2D eigenvalue weighted by Gasteiger charge is 2.47. The van der Waals surface area contributed by atoms with Gasteiger partial charge in [0.25, 0.3) is 5.91 Å². The molecule has 0 aromatic rings. The number of thioether (sulfide) groups is 1. The molecule has 19 heavy (non-hydrogen) atoms. The summed E-state index contributed by atoms with van der Waals surface area (Å²) in [5, 5.41) is 13.6. The van der Waals surface area contributed by atoms with Crippen molar-refractivity contribution in [3.05, 3.63) is 0 Å². The van der Waals surface area contributed by atoms with Gasteiger partial charge in [0.1, 0.15) is 4.75 Å². The van der Waals surface area contributed by atoms with Crippen LogP contribution in [0.2, 0.25) is 0 Å². The minimum atomic E-state index is -0.602. The summed E-state index contributed by atoms with van der Waals surface area (Å²) in [6, 6.07) is 0.504. The molecule has 2 N–H and O–H groups in total. The van der Waals surface area contributed by atoms with Gasteiger partial charge in [-0.2, -0.15) is 4.99 Å². The maximum Gasteiger partial charge on any atom is 0.264 e. The van der Waals surface area contributed by atoms with Gasteiger partial charge in [-0.1, -0.05) is 25.1 Å². The van der Waals surface area contributed by atoms with Crippen LogP contribution in [-0.2, 0) is 4.79 Å². The van der Waals surface area contributed by atoms with Gasteiger partial charge in [-0.3, -0.25) is 4.79 Å². The minimum absolute atomic E-state index is 0.0200. The first-order chi connectivity index (χ1) is 9.03. The summed E-state index contributed by atoms with van der Waals surface area (Å²) in [6.07, 6.45) is 5.26. The van der Waals surface area contributed by atoms with E-state index in [1.807, 2.05) is 13.8 Å². The predicted molar refractivity (Wildman–Crippen MR) is 77.1 cm³/mol. The average molecular weight is 282 g/mol. The fourth-order valence-corrected chi connectivity index (χ4v) is 4.75. The second-order valence-corrected chi connectivity index (χ2v) is 7.88. The Balaban J connectivity index is 1.65. The average Bonchev–Trinajstić information content (AvgIpc) is 3.05. The first-order valence-electron chi connectivity index (χ1n) is 7.22. The molecule has 0 aromatic carbocycles. The zero-order chi connectivity index (χ0) is 13.6. The van der Waals surface area contributed by atoms with Crippen molar-refractivity contribution in [3.63, 3.8) is 0 Å². The SMILES string of the molecule is C[C@H](CO)[C@]1(C)SC(N[C@H]2C[C@@H]3CC[C@H]2C3)=NC1=O. The lowest BCUT2D eigenvalue weighted by Crippen LogP contribution is -2.39. The molecule has 5 heteroatoms. The summed E-state index contributed by atoms with van der Waals surface area (Å²) in [5.41, 5.74) is 0. The van der Waals surface area contributed by atoms with Crippen molar-refractivity contribution in [1.29, 1.82) is 0 Å². The lowest BCUT2D eigenvalue weighted by atomic mass is 9.95. The quantitative estimate of drug-likeness (QED) is 0.828. The van der Waals surface area contributed by atoms with Gasteiger partial charge in [0.2, 0.25) is 0 Å². The lowest BCUT2D eigenvalue weighted by Gasteiger charge is -2.27.